The number of likely N-dealkylation sites (tertiary alicyclic amines) is 1. The molecule has 0 aliphatic carbocycles. The molecule has 1 N–H and O–H groups in total. The maximum Gasteiger partial charge on any atom is 0.357 e. The third-order valence-corrected chi connectivity index (χ3v) is 3.40. The van der Waals surface area contributed by atoms with Crippen molar-refractivity contribution in [1.29, 1.82) is 0 Å². The number of para-hydroxylation sites is 1. The van der Waals surface area contributed by atoms with E-state index in [0.717, 1.165) is 25.3 Å². The number of carboxylic acids is 1. The molecule has 6 nitrogen and oxygen atoms in total. The second-order valence-electron chi connectivity index (χ2n) is 5.01. The summed E-state index contributed by atoms with van der Waals surface area (Å²) in [5.74, 6) is 0.220. The molecule has 0 unspecified atom stereocenters. The molecule has 2 aromatic rings. The van der Waals surface area contributed by atoms with Crippen molar-refractivity contribution in [2.24, 2.45) is 0 Å². The number of hydrogen-bond acceptors (Lipinski definition) is 5. The van der Waals surface area contributed by atoms with Crippen molar-refractivity contribution in [3.05, 3.63) is 48.2 Å². The van der Waals surface area contributed by atoms with E-state index < -0.39 is 5.97 Å². The van der Waals surface area contributed by atoms with Crippen LogP contribution in [-0.4, -0.2) is 40.2 Å². The van der Waals surface area contributed by atoms with Crippen molar-refractivity contribution in [2.75, 3.05) is 13.1 Å². The van der Waals surface area contributed by atoms with Crippen molar-refractivity contribution in [1.82, 2.24) is 9.88 Å². The van der Waals surface area contributed by atoms with Crippen LogP contribution in [0, 0.1) is 0 Å². The zero-order chi connectivity index (χ0) is 14.7. The normalized spacial score (nSPS) is 18.8. The average Bonchev–Trinajstić information content (AvgIpc) is 3.10. The molecule has 1 aromatic carbocycles. The Labute approximate surface area is 122 Å². The lowest BCUT2D eigenvalue weighted by atomic mass is 10.3. The Bertz CT molecular complexity index is 611. The van der Waals surface area contributed by atoms with E-state index in [4.69, 9.17) is 14.3 Å². The number of rotatable bonds is 5. The zero-order valence-corrected chi connectivity index (χ0v) is 11.4. The Morgan fingerprint density at radius 2 is 2.24 bits per heavy atom. The lowest BCUT2D eigenvalue weighted by molar-refractivity contribution is 0.0690. The van der Waals surface area contributed by atoms with Gasteiger partial charge in [0.05, 0.1) is 6.54 Å². The van der Waals surface area contributed by atoms with Crippen LogP contribution in [0.15, 0.2) is 41.0 Å². The minimum Gasteiger partial charge on any atom is -0.489 e. The van der Waals surface area contributed by atoms with Crippen LogP contribution in [-0.2, 0) is 6.54 Å². The van der Waals surface area contributed by atoms with Crippen LogP contribution < -0.4 is 4.74 Å². The highest BCUT2D eigenvalue weighted by molar-refractivity contribution is 5.84. The van der Waals surface area contributed by atoms with Gasteiger partial charge in [-0.1, -0.05) is 18.2 Å². The van der Waals surface area contributed by atoms with Crippen LogP contribution >= 0.6 is 0 Å². The van der Waals surface area contributed by atoms with Gasteiger partial charge in [0, 0.05) is 13.1 Å². The molecular formula is C15H16N2O4. The van der Waals surface area contributed by atoms with Crippen molar-refractivity contribution in [2.45, 2.75) is 19.1 Å². The molecule has 21 heavy (non-hydrogen) atoms. The predicted octanol–water partition coefficient (Wildman–Crippen LogP) is 2.03. The number of hydrogen-bond donors (Lipinski definition) is 1. The number of nitrogens with zero attached hydrogens (tertiary/aromatic N) is 2. The second-order valence-corrected chi connectivity index (χ2v) is 5.01. The van der Waals surface area contributed by atoms with Crippen molar-refractivity contribution < 1.29 is 19.1 Å². The predicted molar refractivity (Wildman–Crippen MR) is 74.2 cm³/mol. The minimum atomic E-state index is -1.07. The van der Waals surface area contributed by atoms with Crippen LogP contribution in [0.5, 0.6) is 5.75 Å². The maximum absolute atomic E-state index is 10.8. The van der Waals surface area contributed by atoms with Crippen molar-refractivity contribution in [3.63, 3.8) is 0 Å². The smallest absolute Gasteiger partial charge is 0.357 e. The van der Waals surface area contributed by atoms with Gasteiger partial charge in [-0.25, -0.2) is 9.78 Å². The van der Waals surface area contributed by atoms with E-state index in [9.17, 15) is 4.79 Å². The van der Waals surface area contributed by atoms with Gasteiger partial charge in [-0.2, -0.15) is 0 Å². The number of carbonyl (C=O) groups is 1. The Morgan fingerprint density at radius 3 is 2.95 bits per heavy atom. The van der Waals surface area contributed by atoms with E-state index in [2.05, 4.69) is 9.88 Å². The van der Waals surface area contributed by atoms with E-state index >= 15 is 0 Å². The van der Waals surface area contributed by atoms with Crippen LogP contribution in [0.4, 0.5) is 0 Å². The fraction of sp³-hybridized carbons (Fsp3) is 0.333. The van der Waals surface area contributed by atoms with E-state index in [1.54, 1.807) is 0 Å². The van der Waals surface area contributed by atoms with E-state index in [1.165, 1.54) is 6.26 Å². The van der Waals surface area contributed by atoms with Crippen LogP contribution in [0.25, 0.3) is 0 Å². The topological polar surface area (TPSA) is 75.8 Å². The monoisotopic (exact) mass is 288 g/mol. The largest absolute Gasteiger partial charge is 0.489 e. The molecule has 0 amide bonds. The third kappa shape index (κ3) is 3.41. The summed E-state index contributed by atoms with van der Waals surface area (Å²) in [5.41, 5.74) is -0.0544. The van der Waals surface area contributed by atoms with Gasteiger partial charge < -0.3 is 14.3 Å². The van der Waals surface area contributed by atoms with Gasteiger partial charge >= 0.3 is 5.97 Å². The van der Waals surface area contributed by atoms with Gasteiger partial charge in [0.15, 0.2) is 5.69 Å². The molecule has 1 fully saturated rings. The molecule has 1 aliphatic rings. The molecule has 0 saturated carbocycles. The molecule has 3 rings (SSSR count). The Hall–Kier alpha value is -2.34. The maximum atomic E-state index is 10.8. The number of aromatic carboxylic acids is 1. The molecule has 2 heterocycles. The van der Waals surface area contributed by atoms with Gasteiger partial charge in [0.1, 0.15) is 18.1 Å². The highest BCUT2D eigenvalue weighted by atomic mass is 16.5. The zero-order valence-electron chi connectivity index (χ0n) is 11.4. The Balaban J connectivity index is 1.53. The number of aromatic nitrogens is 1. The molecule has 110 valence electrons. The lowest BCUT2D eigenvalue weighted by Gasteiger charge is -2.15. The molecule has 1 saturated heterocycles. The van der Waals surface area contributed by atoms with Crippen LogP contribution in [0.3, 0.4) is 0 Å². The summed E-state index contributed by atoms with van der Waals surface area (Å²) >= 11 is 0. The SMILES string of the molecule is O=C(O)c1coc(CN2CC[C@@H](Oc3ccccc3)C2)n1. The number of carboxylic acid groups (broad SMARTS) is 1. The summed E-state index contributed by atoms with van der Waals surface area (Å²) in [6, 6.07) is 9.73. The molecular weight excluding hydrogens is 272 g/mol. The highest BCUT2D eigenvalue weighted by Gasteiger charge is 2.25. The Kier molecular flexibility index (Phi) is 3.87. The average molecular weight is 288 g/mol. The molecule has 6 heteroatoms. The van der Waals surface area contributed by atoms with Crippen LogP contribution in [0.2, 0.25) is 0 Å². The Morgan fingerprint density at radius 1 is 1.43 bits per heavy atom. The van der Waals surface area contributed by atoms with Gasteiger partial charge in [-0.15, -0.1) is 0 Å². The van der Waals surface area contributed by atoms with E-state index in [1.807, 2.05) is 30.3 Å². The summed E-state index contributed by atoms with van der Waals surface area (Å²) in [6.45, 7) is 2.16. The summed E-state index contributed by atoms with van der Waals surface area (Å²) in [4.78, 5) is 16.8. The fourth-order valence-electron chi connectivity index (χ4n) is 2.40. The number of oxazole rings is 1. The first kappa shape index (κ1) is 13.6. The first-order valence-electron chi connectivity index (χ1n) is 6.82. The van der Waals surface area contributed by atoms with Gasteiger partial charge in [0.25, 0.3) is 0 Å². The minimum absolute atomic E-state index is 0.0544. The summed E-state index contributed by atoms with van der Waals surface area (Å²) in [7, 11) is 0. The molecule has 0 spiro atoms. The summed E-state index contributed by atoms with van der Waals surface area (Å²) < 4.78 is 11.1. The first-order chi connectivity index (χ1) is 10.2. The molecule has 1 aromatic heterocycles. The third-order valence-electron chi connectivity index (χ3n) is 3.40. The quantitative estimate of drug-likeness (QED) is 0.907. The second kappa shape index (κ2) is 5.97. The van der Waals surface area contributed by atoms with E-state index in [0.29, 0.717) is 12.4 Å². The summed E-state index contributed by atoms with van der Waals surface area (Å²) in [5, 5.41) is 8.81. The van der Waals surface area contributed by atoms with Crippen molar-refractivity contribution in [3.8, 4) is 5.75 Å². The molecule has 1 atom stereocenters. The standard InChI is InChI=1S/C15H16N2O4/c18-15(19)13-10-20-14(16-13)9-17-7-6-12(8-17)21-11-4-2-1-3-5-11/h1-5,10,12H,6-9H2,(H,18,19)/t12-/m1/s1. The van der Waals surface area contributed by atoms with Gasteiger partial charge in [0.2, 0.25) is 5.89 Å². The van der Waals surface area contributed by atoms with Gasteiger partial charge in [-0.05, 0) is 18.6 Å². The van der Waals surface area contributed by atoms with Crippen molar-refractivity contribution >= 4 is 5.97 Å². The first-order valence-corrected chi connectivity index (χ1v) is 6.82. The highest BCUT2D eigenvalue weighted by Crippen LogP contribution is 2.19. The molecule has 0 radical (unpaired) electrons. The summed E-state index contributed by atoms with van der Waals surface area (Å²) in [6.07, 6.45) is 2.24. The molecule has 0 bridgehead atoms. The van der Waals surface area contributed by atoms with E-state index in [-0.39, 0.29) is 11.8 Å². The number of ether oxygens (including phenoxy) is 1. The van der Waals surface area contributed by atoms with Crippen LogP contribution in [0.1, 0.15) is 22.8 Å². The molecule has 1 aliphatic heterocycles. The number of benzene rings is 1. The van der Waals surface area contributed by atoms with Gasteiger partial charge in [-0.3, -0.25) is 4.90 Å². The lowest BCUT2D eigenvalue weighted by Crippen LogP contribution is -2.24. The fourth-order valence-corrected chi connectivity index (χ4v) is 2.40.